The highest BCUT2D eigenvalue weighted by Crippen LogP contribution is 2.28. The van der Waals surface area contributed by atoms with Crippen LogP contribution in [0.15, 0.2) is 39.1 Å². The Labute approximate surface area is 115 Å². The summed E-state index contributed by atoms with van der Waals surface area (Å²) in [5.74, 6) is 0.230. The van der Waals surface area contributed by atoms with Crippen LogP contribution in [0.1, 0.15) is 11.1 Å². The van der Waals surface area contributed by atoms with Crippen molar-refractivity contribution in [2.24, 2.45) is 0 Å². The molecule has 2 rings (SSSR count). The van der Waals surface area contributed by atoms with Crippen molar-refractivity contribution in [1.29, 1.82) is 0 Å². The van der Waals surface area contributed by atoms with Gasteiger partial charge in [-0.3, -0.25) is 4.79 Å². The third kappa shape index (κ3) is 3.59. The highest BCUT2D eigenvalue weighted by Gasteiger charge is 2.07. The van der Waals surface area contributed by atoms with Crippen LogP contribution in [0, 0.1) is 6.92 Å². The summed E-state index contributed by atoms with van der Waals surface area (Å²) in [4.78, 5) is 19.2. The highest BCUT2D eigenvalue weighted by atomic mass is 32.2. The second kappa shape index (κ2) is 5.90. The molecule has 0 radical (unpaired) electrons. The standard InChI is InChI=1S/C13H16N4OS/c1-8-3-4-10(9(5-8)7-15-2)19-13-16-11(14)6-12(18)17-13/h3-6,15H,7H2,1-2H3,(H3,14,16,17,18). The molecule has 0 spiro atoms. The van der Waals surface area contributed by atoms with Crippen molar-refractivity contribution in [1.82, 2.24) is 15.3 Å². The molecule has 0 bridgehead atoms. The molecule has 6 heteroatoms. The number of hydrogen-bond acceptors (Lipinski definition) is 5. The molecule has 0 saturated heterocycles. The minimum absolute atomic E-state index is 0.230. The largest absolute Gasteiger partial charge is 0.383 e. The normalized spacial score (nSPS) is 10.6. The third-order valence-corrected chi connectivity index (χ3v) is 3.53. The molecule has 0 aliphatic rings. The Bertz CT molecular complexity index is 639. The number of rotatable bonds is 4. The predicted molar refractivity (Wildman–Crippen MR) is 77.3 cm³/mol. The van der Waals surface area contributed by atoms with Gasteiger partial charge in [0.15, 0.2) is 5.16 Å². The van der Waals surface area contributed by atoms with E-state index in [1.807, 2.05) is 26.1 Å². The van der Waals surface area contributed by atoms with Crippen molar-refractivity contribution in [3.63, 3.8) is 0 Å². The van der Waals surface area contributed by atoms with Gasteiger partial charge >= 0.3 is 0 Å². The lowest BCUT2D eigenvalue weighted by atomic mass is 10.1. The molecule has 4 N–H and O–H groups in total. The van der Waals surface area contributed by atoms with Crippen molar-refractivity contribution >= 4 is 17.6 Å². The summed E-state index contributed by atoms with van der Waals surface area (Å²) < 4.78 is 0. The van der Waals surface area contributed by atoms with Gasteiger partial charge in [0.2, 0.25) is 0 Å². The summed E-state index contributed by atoms with van der Waals surface area (Å²) in [5.41, 5.74) is 7.70. The SMILES string of the molecule is CNCc1cc(C)ccc1Sc1nc(N)cc(=O)[nH]1. The molecule has 0 atom stereocenters. The van der Waals surface area contributed by atoms with Gasteiger partial charge < -0.3 is 16.0 Å². The smallest absolute Gasteiger partial charge is 0.253 e. The molecule has 0 aliphatic heterocycles. The minimum Gasteiger partial charge on any atom is -0.383 e. The number of aryl methyl sites for hydroxylation is 1. The van der Waals surface area contributed by atoms with E-state index >= 15 is 0 Å². The van der Waals surface area contributed by atoms with Crippen LogP contribution in [-0.2, 0) is 6.54 Å². The van der Waals surface area contributed by atoms with E-state index in [4.69, 9.17) is 5.73 Å². The van der Waals surface area contributed by atoms with E-state index in [0.717, 1.165) is 17.0 Å². The van der Waals surface area contributed by atoms with Crippen LogP contribution in [0.25, 0.3) is 0 Å². The number of anilines is 1. The molecule has 19 heavy (non-hydrogen) atoms. The quantitative estimate of drug-likeness (QED) is 0.738. The van der Waals surface area contributed by atoms with E-state index in [9.17, 15) is 4.79 Å². The number of benzene rings is 1. The first-order valence-electron chi connectivity index (χ1n) is 5.87. The van der Waals surface area contributed by atoms with Gasteiger partial charge in [-0.15, -0.1) is 0 Å². The maximum absolute atomic E-state index is 11.4. The van der Waals surface area contributed by atoms with Gasteiger partial charge in [0.25, 0.3) is 5.56 Å². The molecule has 1 aromatic carbocycles. The maximum Gasteiger partial charge on any atom is 0.253 e. The van der Waals surface area contributed by atoms with Crippen molar-refractivity contribution in [2.45, 2.75) is 23.5 Å². The highest BCUT2D eigenvalue weighted by molar-refractivity contribution is 7.99. The summed E-state index contributed by atoms with van der Waals surface area (Å²) in [6, 6.07) is 7.44. The van der Waals surface area contributed by atoms with Crippen LogP contribution >= 0.6 is 11.8 Å². The van der Waals surface area contributed by atoms with Gasteiger partial charge in [0.1, 0.15) is 5.82 Å². The molecule has 1 heterocycles. The average Bonchev–Trinajstić information content (AvgIpc) is 2.32. The Morgan fingerprint density at radius 2 is 2.21 bits per heavy atom. The lowest BCUT2D eigenvalue weighted by molar-refractivity contribution is 0.801. The first-order valence-corrected chi connectivity index (χ1v) is 6.69. The van der Waals surface area contributed by atoms with Gasteiger partial charge in [-0.2, -0.15) is 0 Å². The van der Waals surface area contributed by atoms with Crippen molar-refractivity contribution in [3.05, 3.63) is 45.7 Å². The number of nitrogens with two attached hydrogens (primary N) is 1. The first-order chi connectivity index (χ1) is 9.08. The molecule has 0 amide bonds. The summed E-state index contributed by atoms with van der Waals surface area (Å²) >= 11 is 1.40. The zero-order chi connectivity index (χ0) is 13.8. The number of hydrogen-bond donors (Lipinski definition) is 3. The Balaban J connectivity index is 2.34. The van der Waals surface area contributed by atoms with Crippen LogP contribution in [-0.4, -0.2) is 17.0 Å². The lowest BCUT2D eigenvalue weighted by Gasteiger charge is -2.09. The molecular formula is C13H16N4OS. The molecular weight excluding hydrogens is 260 g/mol. The Hall–Kier alpha value is -1.79. The van der Waals surface area contributed by atoms with E-state index < -0.39 is 0 Å². The number of nitrogens with one attached hydrogen (secondary N) is 2. The molecule has 5 nitrogen and oxygen atoms in total. The molecule has 0 aliphatic carbocycles. The Morgan fingerprint density at radius 3 is 2.89 bits per heavy atom. The van der Waals surface area contributed by atoms with Gasteiger partial charge in [0.05, 0.1) is 0 Å². The van der Waals surface area contributed by atoms with Crippen LogP contribution in [0.3, 0.4) is 0 Å². The molecule has 100 valence electrons. The average molecular weight is 276 g/mol. The van der Waals surface area contributed by atoms with Crippen molar-refractivity contribution in [2.75, 3.05) is 12.8 Å². The van der Waals surface area contributed by atoms with Crippen LogP contribution in [0.2, 0.25) is 0 Å². The number of aromatic nitrogens is 2. The van der Waals surface area contributed by atoms with Crippen LogP contribution in [0.5, 0.6) is 0 Å². The topological polar surface area (TPSA) is 83.8 Å². The maximum atomic E-state index is 11.4. The second-order valence-corrected chi connectivity index (χ2v) is 5.25. The molecule has 2 aromatic rings. The van der Waals surface area contributed by atoms with Crippen molar-refractivity contribution in [3.8, 4) is 0 Å². The number of H-pyrrole nitrogens is 1. The molecule has 1 aromatic heterocycles. The summed E-state index contributed by atoms with van der Waals surface area (Å²) in [7, 11) is 1.90. The summed E-state index contributed by atoms with van der Waals surface area (Å²) in [6.07, 6.45) is 0. The van der Waals surface area contributed by atoms with E-state index in [-0.39, 0.29) is 11.4 Å². The Morgan fingerprint density at radius 1 is 1.42 bits per heavy atom. The summed E-state index contributed by atoms with van der Waals surface area (Å²) in [5, 5.41) is 3.64. The summed E-state index contributed by atoms with van der Waals surface area (Å²) in [6.45, 7) is 2.81. The third-order valence-electron chi connectivity index (χ3n) is 2.53. The van der Waals surface area contributed by atoms with Crippen molar-refractivity contribution < 1.29 is 0 Å². The molecule has 0 unspecified atom stereocenters. The van der Waals surface area contributed by atoms with Crippen LogP contribution < -0.4 is 16.6 Å². The van der Waals surface area contributed by atoms with Crippen LogP contribution in [0.4, 0.5) is 5.82 Å². The number of nitrogens with zero attached hydrogens (tertiary/aromatic N) is 1. The minimum atomic E-state index is -0.239. The fourth-order valence-electron chi connectivity index (χ4n) is 1.74. The Kier molecular flexibility index (Phi) is 4.24. The zero-order valence-electron chi connectivity index (χ0n) is 10.9. The number of aromatic amines is 1. The second-order valence-electron chi connectivity index (χ2n) is 4.22. The van der Waals surface area contributed by atoms with E-state index in [0.29, 0.717) is 5.16 Å². The zero-order valence-corrected chi connectivity index (χ0v) is 11.7. The first kappa shape index (κ1) is 13.6. The van der Waals surface area contributed by atoms with E-state index in [1.165, 1.54) is 23.4 Å². The van der Waals surface area contributed by atoms with Gasteiger partial charge in [0, 0.05) is 17.5 Å². The fourth-order valence-corrected chi connectivity index (χ4v) is 2.65. The molecule has 0 saturated carbocycles. The van der Waals surface area contributed by atoms with E-state index in [1.54, 1.807) is 0 Å². The van der Waals surface area contributed by atoms with Gasteiger partial charge in [-0.1, -0.05) is 29.5 Å². The monoisotopic (exact) mass is 276 g/mol. The number of nitrogen functional groups attached to an aromatic ring is 1. The van der Waals surface area contributed by atoms with Gasteiger partial charge in [-0.05, 0) is 25.6 Å². The lowest BCUT2D eigenvalue weighted by Crippen LogP contribution is -2.10. The fraction of sp³-hybridized carbons (Fsp3) is 0.231. The van der Waals surface area contributed by atoms with Gasteiger partial charge in [-0.25, -0.2) is 4.98 Å². The predicted octanol–water partition coefficient (Wildman–Crippen LogP) is 1.53. The molecule has 0 fully saturated rings. The van der Waals surface area contributed by atoms with E-state index in [2.05, 4.69) is 21.4 Å².